The summed E-state index contributed by atoms with van der Waals surface area (Å²) >= 11 is 0. The van der Waals surface area contributed by atoms with Crippen LogP contribution in [0.2, 0.25) is 0 Å². The summed E-state index contributed by atoms with van der Waals surface area (Å²) in [5, 5.41) is 3.43. The second-order valence-corrected chi connectivity index (χ2v) is 3.36. The van der Waals surface area contributed by atoms with Gasteiger partial charge in [0.25, 0.3) is 0 Å². The van der Waals surface area contributed by atoms with E-state index in [-0.39, 0.29) is 4.68 Å². The van der Waals surface area contributed by atoms with E-state index in [4.69, 9.17) is 0 Å². The second kappa shape index (κ2) is 2.49. The van der Waals surface area contributed by atoms with Gasteiger partial charge in [-0.2, -0.15) is 9.78 Å². The molecule has 13 heavy (non-hydrogen) atoms. The first kappa shape index (κ1) is 8.59. The molecule has 0 aromatic carbocycles. The summed E-state index contributed by atoms with van der Waals surface area (Å²) in [7, 11) is 0. The molecule has 1 aromatic heterocycles. The van der Waals surface area contributed by atoms with Crippen LogP contribution < -0.4 is 0 Å². The zero-order valence-electron chi connectivity index (χ0n) is 7.10. The van der Waals surface area contributed by atoms with Gasteiger partial charge < -0.3 is 0 Å². The molecule has 0 spiro atoms. The average Bonchev–Trinajstić information content (AvgIpc) is 2.73. The molecule has 0 bridgehead atoms. The van der Waals surface area contributed by atoms with E-state index in [2.05, 4.69) is 5.10 Å². The van der Waals surface area contributed by atoms with Crippen LogP contribution >= 0.6 is 0 Å². The Morgan fingerprint density at radius 3 is 2.46 bits per heavy atom. The maximum absolute atomic E-state index is 12.2. The molecule has 5 heteroatoms. The van der Waals surface area contributed by atoms with Crippen molar-refractivity contribution >= 4 is 0 Å². The van der Waals surface area contributed by atoms with Crippen molar-refractivity contribution in [1.82, 2.24) is 9.78 Å². The largest absolute Gasteiger partial charge is 0.504 e. The van der Waals surface area contributed by atoms with E-state index in [0.717, 1.165) is 24.6 Å². The number of aromatic nitrogens is 2. The van der Waals surface area contributed by atoms with E-state index in [1.165, 1.54) is 0 Å². The van der Waals surface area contributed by atoms with Gasteiger partial charge >= 0.3 is 6.30 Å². The first-order valence-corrected chi connectivity index (χ1v) is 4.12. The normalized spacial score (nSPS) is 17.8. The van der Waals surface area contributed by atoms with Crippen molar-refractivity contribution < 1.29 is 13.2 Å². The minimum absolute atomic E-state index is 0.0932. The zero-order valence-corrected chi connectivity index (χ0v) is 7.10. The van der Waals surface area contributed by atoms with Gasteiger partial charge in [0.05, 0.1) is 5.69 Å². The number of aryl methyl sites for hydroxylation is 1. The number of hydrogen-bond acceptors (Lipinski definition) is 1. The third-order valence-corrected chi connectivity index (χ3v) is 2.21. The quantitative estimate of drug-likeness (QED) is 0.665. The SMILES string of the molecule is Cc1nn(C(F)(F)F)cc1C1CC1. The van der Waals surface area contributed by atoms with E-state index < -0.39 is 6.30 Å². The highest BCUT2D eigenvalue weighted by Gasteiger charge is 2.35. The van der Waals surface area contributed by atoms with Gasteiger partial charge in [0.1, 0.15) is 0 Å². The maximum Gasteiger partial charge on any atom is 0.504 e. The Labute approximate surface area is 73.4 Å². The second-order valence-electron chi connectivity index (χ2n) is 3.36. The lowest BCUT2D eigenvalue weighted by atomic mass is 10.2. The first-order valence-electron chi connectivity index (χ1n) is 4.12. The molecule has 72 valence electrons. The van der Waals surface area contributed by atoms with Crippen LogP contribution in [-0.4, -0.2) is 9.78 Å². The van der Waals surface area contributed by atoms with Gasteiger partial charge in [-0.1, -0.05) is 0 Å². The van der Waals surface area contributed by atoms with Crippen molar-refractivity contribution in [2.24, 2.45) is 0 Å². The van der Waals surface area contributed by atoms with Crippen molar-refractivity contribution in [3.8, 4) is 0 Å². The standard InChI is InChI=1S/C8H9F3N2/c1-5-7(6-2-3-6)4-13(12-5)8(9,10)11/h4,6H,2-3H2,1H3. The maximum atomic E-state index is 12.2. The molecule has 1 heterocycles. The van der Waals surface area contributed by atoms with E-state index in [1.54, 1.807) is 6.92 Å². The highest BCUT2D eigenvalue weighted by Crippen LogP contribution is 2.42. The Kier molecular flexibility index (Phi) is 1.65. The van der Waals surface area contributed by atoms with Gasteiger partial charge in [-0.15, -0.1) is 13.2 Å². The summed E-state index contributed by atoms with van der Waals surface area (Å²) in [5.41, 5.74) is 1.25. The summed E-state index contributed by atoms with van der Waals surface area (Å²) in [5.74, 6) is 0.316. The Balaban J connectivity index is 2.34. The molecule has 0 atom stereocenters. The molecule has 0 saturated heterocycles. The molecule has 0 N–H and O–H groups in total. The minimum Gasteiger partial charge on any atom is -0.178 e. The molecule has 1 aromatic rings. The van der Waals surface area contributed by atoms with E-state index >= 15 is 0 Å². The monoisotopic (exact) mass is 190 g/mol. The fourth-order valence-corrected chi connectivity index (χ4v) is 1.40. The van der Waals surface area contributed by atoms with Crippen molar-refractivity contribution in [1.29, 1.82) is 0 Å². The minimum atomic E-state index is -4.38. The smallest absolute Gasteiger partial charge is 0.178 e. The highest BCUT2D eigenvalue weighted by atomic mass is 19.4. The lowest BCUT2D eigenvalue weighted by Gasteiger charge is -2.03. The Hall–Kier alpha value is -1.00. The van der Waals surface area contributed by atoms with Crippen LogP contribution in [0.25, 0.3) is 0 Å². The molecular weight excluding hydrogens is 181 g/mol. The van der Waals surface area contributed by atoms with Crippen LogP contribution in [0.15, 0.2) is 6.20 Å². The summed E-state index contributed by atoms with van der Waals surface area (Å²) in [6.45, 7) is 1.62. The van der Waals surface area contributed by atoms with Crippen LogP contribution in [0.3, 0.4) is 0 Å². The average molecular weight is 190 g/mol. The number of rotatable bonds is 1. The molecule has 1 aliphatic carbocycles. The Morgan fingerprint density at radius 2 is 2.08 bits per heavy atom. The molecule has 1 fully saturated rings. The number of halogens is 3. The highest BCUT2D eigenvalue weighted by molar-refractivity contribution is 5.24. The van der Waals surface area contributed by atoms with E-state index in [1.807, 2.05) is 0 Å². The number of hydrogen-bond donors (Lipinski definition) is 0. The van der Waals surface area contributed by atoms with Crippen LogP contribution in [-0.2, 0) is 6.30 Å². The van der Waals surface area contributed by atoms with Gasteiger partial charge in [-0.25, -0.2) is 0 Å². The lowest BCUT2D eigenvalue weighted by Crippen LogP contribution is -2.17. The molecule has 1 saturated carbocycles. The topological polar surface area (TPSA) is 17.8 Å². The molecule has 0 aliphatic heterocycles. The summed E-state index contributed by atoms with van der Waals surface area (Å²) in [4.78, 5) is 0. The predicted octanol–water partition coefficient (Wildman–Crippen LogP) is 2.55. The lowest BCUT2D eigenvalue weighted by molar-refractivity contribution is -0.212. The van der Waals surface area contributed by atoms with Crippen molar-refractivity contribution in [2.45, 2.75) is 32.0 Å². The zero-order chi connectivity index (χ0) is 9.64. The fraction of sp³-hybridized carbons (Fsp3) is 0.625. The third-order valence-electron chi connectivity index (χ3n) is 2.21. The molecule has 2 nitrogen and oxygen atoms in total. The molecule has 0 amide bonds. The number of alkyl halides is 3. The Morgan fingerprint density at radius 1 is 1.46 bits per heavy atom. The third kappa shape index (κ3) is 1.55. The van der Waals surface area contributed by atoms with Crippen molar-refractivity contribution in [3.05, 3.63) is 17.5 Å². The van der Waals surface area contributed by atoms with Gasteiger partial charge in [-0.05, 0) is 31.2 Å². The van der Waals surface area contributed by atoms with E-state index in [9.17, 15) is 13.2 Å². The summed E-state index contributed by atoms with van der Waals surface area (Å²) in [6.07, 6.45) is -1.29. The van der Waals surface area contributed by atoms with Crippen LogP contribution in [0.5, 0.6) is 0 Å². The van der Waals surface area contributed by atoms with Gasteiger partial charge in [0, 0.05) is 6.20 Å². The van der Waals surface area contributed by atoms with Crippen molar-refractivity contribution in [2.75, 3.05) is 0 Å². The van der Waals surface area contributed by atoms with Crippen LogP contribution in [0.1, 0.15) is 30.0 Å². The predicted molar refractivity (Wildman–Crippen MR) is 40.2 cm³/mol. The molecule has 2 rings (SSSR count). The van der Waals surface area contributed by atoms with Gasteiger partial charge in [0.15, 0.2) is 0 Å². The van der Waals surface area contributed by atoms with E-state index in [0.29, 0.717) is 11.6 Å². The molecular formula is C8H9F3N2. The van der Waals surface area contributed by atoms with Gasteiger partial charge in [0.2, 0.25) is 0 Å². The molecule has 0 radical (unpaired) electrons. The van der Waals surface area contributed by atoms with Gasteiger partial charge in [-0.3, -0.25) is 0 Å². The summed E-state index contributed by atoms with van der Waals surface area (Å²) in [6, 6.07) is 0. The molecule has 1 aliphatic rings. The van der Waals surface area contributed by atoms with Crippen molar-refractivity contribution in [3.63, 3.8) is 0 Å². The molecule has 0 unspecified atom stereocenters. The van der Waals surface area contributed by atoms with Crippen LogP contribution in [0.4, 0.5) is 13.2 Å². The number of nitrogens with zero attached hydrogens (tertiary/aromatic N) is 2. The summed E-state index contributed by atoms with van der Waals surface area (Å²) < 4.78 is 36.6. The van der Waals surface area contributed by atoms with Crippen LogP contribution in [0, 0.1) is 6.92 Å². The first-order chi connectivity index (χ1) is 5.98. The Bertz CT molecular complexity index is 323. The fourth-order valence-electron chi connectivity index (χ4n) is 1.40.